The van der Waals surface area contributed by atoms with Crippen molar-refractivity contribution < 1.29 is 82.6 Å². The molecule has 14 heteroatoms. The second kappa shape index (κ2) is 28.5. The molecule has 2 fully saturated rings. The molecule has 3 rings (SSSR count). The van der Waals surface area contributed by atoms with Gasteiger partial charge in [0.25, 0.3) is 0 Å². The number of hydrogen-bond acceptors (Lipinski definition) is 0. The molecule has 0 aliphatic heterocycles. The Morgan fingerprint density at radius 1 is 0.559 bits per heavy atom. The van der Waals surface area contributed by atoms with Crippen molar-refractivity contribution in [1.29, 1.82) is 0 Å². The molecule has 0 aromatic carbocycles. The Balaban J connectivity index is -0.0000000545. The molecule has 0 saturated heterocycles. The SMILES string of the molecule is F[P-](F)(F)(F)(F)F.[C-]#[O+].[C-]#[O+].[C-]#[O+].[C-]#[O+].[C-]#[O+].[CH]1[CH][CH][CH][CH]1.[C]1=[C][CH][C]2[CH][CH][CH][C]2[C]=[C]1.[Fe].[Fe]. The predicted octanol–water partition coefficient (Wildman–Crippen LogP) is 5.52. The third-order valence-electron chi connectivity index (χ3n) is 1.96. The molecule has 3 aliphatic rings. The summed E-state index contributed by atoms with van der Waals surface area (Å²) < 4.78 is 96.7. The third kappa shape index (κ3) is 57.8. The molecule has 5 nitrogen and oxygen atoms in total. The Morgan fingerprint density at radius 3 is 1.21 bits per heavy atom. The smallest absolute Gasteiger partial charge is 0.0174 e. The second-order valence-electron chi connectivity index (χ2n) is 3.98. The summed E-state index contributed by atoms with van der Waals surface area (Å²) in [5, 5.41) is 0. The molecule has 34 heavy (non-hydrogen) atoms. The molecule has 183 valence electrons. The summed E-state index contributed by atoms with van der Waals surface area (Å²) >= 11 is 0. The maximum atomic E-state index is 9.87. The number of fused-ring (bicyclic) bond motifs is 1. The Hall–Kier alpha value is -0.771. The van der Waals surface area contributed by atoms with Gasteiger partial charge in [0, 0.05) is 40.1 Å². The summed E-state index contributed by atoms with van der Waals surface area (Å²) in [7, 11) is -10.7. The van der Waals surface area contributed by atoms with Gasteiger partial charge in [-0.15, -0.1) is 0 Å². The van der Waals surface area contributed by atoms with E-state index in [9.17, 15) is 25.2 Å². The molecular weight excluding hydrogens is 577 g/mol. The van der Waals surface area contributed by atoms with Crippen LogP contribution < -0.4 is 0 Å². The van der Waals surface area contributed by atoms with Crippen LogP contribution in [0.5, 0.6) is 0 Å². The third-order valence-corrected chi connectivity index (χ3v) is 1.96. The van der Waals surface area contributed by atoms with Gasteiger partial charge in [-0.05, 0) is 88.0 Å². The topological polar surface area (TPSA) is 99.5 Å². The fraction of sp³-hybridized carbons (Fsp3) is 0. The average molecular weight is 586 g/mol. The van der Waals surface area contributed by atoms with Gasteiger partial charge in [-0.2, -0.15) is 0 Å². The van der Waals surface area contributed by atoms with Crippen LogP contribution in [-0.2, 0) is 57.4 Å². The molecule has 0 heterocycles. The average Bonchev–Trinajstić information content (AvgIpc) is 3.46. The minimum Gasteiger partial charge on any atom is -0.0312 e. The van der Waals surface area contributed by atoms with E-state index < -0.39 is 7.81 Å². The van der Waals surface area contributed by atoms with Crippen molar-refractivity contribution in [2.75, 3.05) is 0 Å². The number of rotatable bonds is 0. The van der Waals surface area contributed by atoms with E-state index in [1.54, 1.807) is 0 Å². The van der Waals surface area contributed by atoms with E-state index in [1.807, 2.05) is 57.8 Å². The van der Waals surface area contributed by atoms with E-state index >= 15 is 0 Å². The van der Waals surface area contributed by atoms with Gasteiger partial charge in [-0.1, -0.05) is 0 Å². The Labute approximate surface area is 217 Å². The van der Waals surface area contributed by atoms with E-state index in [0.29, 0.717) is 0 Å². The second-order valence-corrected chi connectivity index (χ2v) is 5.90. The molecule has 2 saturated carbocycles. The summed E-state index contributed by atoms with van der Waals surface area (Å²) in [6.45, 7) is 22.5. The van der Waals surface area contributed by atoms with Crippen LogP contribution >= 0.6 is 7.81 Å². The van der Waals surface area contributed by atoms with Crippen molar-refractivity contribution in [3.63, 3.8) is 0 Å². The summed E-state index contributed by atoms with van der Waals surface area (Å²) in [6, 6.07) is 0. The van der Waals surface area contributed by atoms with Crippen molar-refractivity contribution in [3.8, 4) is 0 Å². The summed E-state index contributed by atoms with van der Waals surface area (Å²) in [6.07, 6.45) is 29.1. The van der Waals surface area contributed by atoms with Crippen LogP contribution in [0.2, 0.25) is 0 Å². The summed E-state index contributed by atoms with van der Waals surface area (Å²) in [5.74, 6) is 2.20. The standard InChI is InChI=1S/C10H4.C5H5.5CO.F6P.2Fe/c1-2-5-9-7-4-8-10(9)6-3-1;1-2-4-5-3-1;5*1-2;1-7(2,3,4,5)6;;/h4-5,7-8H;1-5H;;;;;;;;/q;;;;;;;-1;;. The normalized spacial score (nSPS) is 16.5. The van der Waals surface area contributed by atoms with Crippen molar-refractivity contribution in [2.24, 2.45) is 0 Å². The first-order chi connectivity index (χ1) is 14.9. The first-order valence-electron chi connectivity index (χ1n) is 6.77. The number of halogens is 6. The molecular formula is C20H9F6Fe2O5P-. The molecule has 0 spiro atoms. The van der Waals surface area contributed by atoms with Crippen LogP contribution in [0, 0.1) is 127 Å². The van der Waals surface area contributed by atoms with Crippen LogP contribution in [0.25, 0.3) is 0 Å². The van der Waals surface area contributed by atoms with Crippen molar-refractivity contribution in [2.45, 2.75) is 0 Å². The monoisotopic (exact) mass is 586 g/mol. The van der Waals surface area contributed by atoms with Crippen LogP contribution in [0.3, 0.4) is 0 Å². The Morgan fingerprint density at radius 2 is 0.882 bits per heavy atom. The zero-order valence-corrected chi connectivity index (χ0v) is 19.3. The molecule has 0 amide bonds. The Bertz CT molecular complexity index is 557. The molecule has 0 bridgehead atoms. The fourth-order valence-corrected chi connectivity index (χ4v) is 1.24. The van der Waals surface area contributed by atoms with Gasteiger partial charge in [0.1, 0.15) is 0 Å². The van der Waals surface area contributed by atoms with E-state index in [1.165, 1.54) is 0 Å². The van der Waals surface area contributed by atoms with E-state index in [4.69, 9.17) is 23.3 Å². The minimum absolute atomic E-state index is 0. The number of allylic oxidation sites excluding steroid dienone is 4. The molecule has 0 aromatic heterocycles. The molecule has 15 radical (unpaired) electrons. The largest absolute Gasteiger partial charge is 0.0312 e. The number of hydrogen-bond donors (Lipinski definition) is 0. The molecule has 0 unspecified atom stereocenters. The van der Waals surface area contributed by atoms with Gasteiger partial charge in [0.2, 0.25) is 0 Å². The van der Waals surface area contributed by atoms with Crippen molar-refractivity contribution in [1.82, 2.24) is 0 Å². The van der Waals surface area contributed by atoms with Crippen LogP contribution in [0.4, 0.5) is 25.2 Å². The van der Waals surface area contributed by atoms with Crippen LogP contribution in [0.15, 0.2) is 0 Å². The van der Waals surface area contributed by atoms with Crippen LogP contribution in [0.1, 0.15) is 0 Å². The summed E-state index contributed by atoms with van der Waals surface area (Å²) in [5.41, 5.74) is 0. The first kappa shape index (κ1) is 50.2. The maximum Gasteiger partial charge on any atom is 0.0174 e. The van der Waals surface area contributed by atoms with E-state index in [2.05, 4.69) is 57.6 Å². The fourth-order valence-electron chi connectivity index (χ4n) is 1.24. The molecule has 0 atom stereocenters. The van der Waals surface area contributed by atoms with Gasteiger partial charge in [-0.25, -0.2) is 0 Å². The molecule has 0 aromatic rings. The maximum absolute atomic E-state index is 10.7. The summed E-state index contributed by atoms with van der Waals surface area (Å²) in [4.78, 5) is 0. The Kier molecular flexibility index (Phi) is 42.0. The van der Waals surface area contributed by atoms with Crippen molar-refractivity contribution >= 4 is 7.81 Å². The van der Waals surface area contributed by atoms with Gasteiger partial charge in [0.15, 0.2) is 0 Å². The van der Waals surface area contributed by atoms with Crippen LogP contribution in [-0.4, -0.2) is 0 Å². The van der Waals surface area contributed by atoms with E-state index in [-0.39, 0.29) is 34.1 Å². The minimum atomic E-state index is -10.7. The predicted molar refractivity (Wildman–Crippen MR) is 91.4 cm³/mol. The van der Waals surface area contributed by atoms with Gasteiger partial charge < -0.3 is 0 Å². The van der Waals surface area contributed by atoms with Gasteiger partial charge in [-0.3, -0.25) is 0 Å². The van der Waals surface area contributed by atoms with E-state index in [0.717, 1.165) is 11.8 Å². The van der Waals surface area contributed by atoms with Gasteiger partial charge >= 0.3 is 89.5 Å². The molecule has 0 N–H and O–H groups in total. The van der Waals surface area contributed by atoms with Gasteiger partial charge in [0.05, 0.1) is 0 Å². The van der Waals surface area contributed by atoms with Crippen molar-refractivity contribution in [3.05, 3.63) is 127 Å². The quantitative estimate of drug-likeness (QED) is 0.118. The molecule has 3 aliphatic carbocycles. The zero-order valence-electron chi connectivity index (χ0n) is 16.2. The zero-order chi connectivity index (χ0) is 26.8. The first-order valence-corrected chi connectivity index (χ1v) is 8.80.